The van der Waals surface area contributed by atoms with Crippen molar-refractivity contribution in [1.29, 1.82) is 5.26 Å². The number of nitriles is 1. The molecule has 0 saturated carbocycles. The molecule has 0 saturated heterocycles. The Morgan fingerprint density at radius 1 is 1.18 bits per heavy atom. The predicted molar refractivity (Wildman–Crippen MR) is 92.3 cm³/mol. The van der Waals surface area contributed by atoms with E-state index in [9.17, 15) is 10.1 Å². The Morgan fingerprint density at radius 3 is 2.50 bits per heavy atom. The molecule has 0 aromatic heterocycles. The monoisotopic (exact) mass is 354 g/mol. The molecular formula is C18H15BrN2O. The molecule has 22 heavy (non-hydrogen) atoms. The summed E-state index contributed by atoms with van der Waals surface area (Å²) in [4.78, 5) is 12.3. The van der Waals surface area contributed by atoms with Gasteiger partial charge in [-0.2, -0.15) is 5.26 Å². The van der Waals surface area contributed by atoms with E-state index in [4.69, 9.17) is 0 Å². The molecule has 0 radical (unpaired) electrons. The zero-order valence-electron chi connectivity index (χ0n) is 12.4. The van der Waals surface area contributed by atoms with Gasteiger partial charge >= 0.3 is 0 Å². The number of benzene rings is 2. The first kappa shape index (κ1) is 16.0. The zero-order valence-corrected chi connectivity index (χ0v) is 13.9. The first-order valence-electron chi connectivity index (χ1n) is 6.76. The summed E-state index contributed by atoms with van der Waals surface area (Å²) in [5.41, 5.74) is 3.69. The molecule has 2 aromatic carbocycles. The highest BCUT2D eigenvalue weighted by atomic mass is 79.9. The largest absolute Gasteiger partial charge is 0.321 e. The average Bonchev–Trinajstić information content (AvgIpc) is 2.51. The maximum Gasteiger partial charge on any atom is 0.266 e. The van der Waals surface area contributed by atoms with E-state index in [1.165, 1.54) is 0 Å². The summed E-state index contributed by atoms with van der Waals surface area (Å²) in [5, 5.41) is 12.0. The van der Waals surface area contributed by atoms with Crippen LogP contribution >= 0.6 is 15.9 Å². The lowest BCUT2D eigenvalue weighted by molar-refractivity contribution is -0.112. The van der Waals surface area contributed by atoms with E-state index in [2.05, 4.69) is 21.2 Å². The van der Waals surface area contributed by atoms with Crippen LogP contribution in [0.5, 0.6) is 0 Å². The van der Waals surface area contributed by atoms with Crippen LogP contribution in [0.4, 0.5) is 5.69 Å². The van der Waals surface area contributed by atoms with Gasteiger partial charge in [0.15, 0.2) is 0 Å². The number of carbonyl (C=O) groups is 1. The number of halogens is 1. The molecule has 0 fully saturated rings. The van der Waals surface area contributed by atoms with Crippen LogP contribution in [-0.2, 0) is 4.79 Å². The maximum atomic E-state index is 12.3. The molecule has 4 heteroatoms. The standard InChI is InChI=1S/C18H15BrN2O/c1-12-4-3-5-17(13(12)2)21-18(22)15(11-20)10-14-6-8-16(19)9-7-14/h3-10H,1-2H3,(H,21,22)/b15-10-. The van der Waals surface area contributed by atoms with Gasteiger partial charge in [0.2, 0.25) is 0 Å². The molecule has 2 aromatic rings. The molecule has 1 amide bonds. The Kier molecular flexibility index (Phi) is 5.13. The first-order valence-corrected chi connectivity index (χ1v) is 7.55. The molecule has 110 valence electrons. The van der Waals surface area contributed by atoms with Crippen molar-refractivity contribution in [3.8, 4) is 6.07 Å². The second-order valence-corrected chi connectivity index (χ2v) is 5.84. The summed E-state index contributed by atoms with van der Waals surface area (Å²) in [7, 11) is 0. The van der Waals surface area contributed by atoms with Gasteiger partial charge in [-0.25, -0.2) is 0 Å². The number of carbonyl (C=O) groups excluding carboxylic acids is 1. The van der Waals surface area contributed by atoms with Gasteiger partial charge in [-0.05, 0) is 54.8 Å². The highest BCUT2D eigenvalue weighted by molar-refractivity contribution is 9.10. The summed E-state index contributed by atoms with van der Waals surface area (Å²) in [6.07, 6.45) is 1.58. The molecule has 0 aliphatic heterocycles. The van der Waals surface area contributed by atoms with Crippen molar-refractivity contribution >= 4 is 33.6 Å². The summed E-state index contributed by atoms with van der Waals surface area (Å²) in [6, 6.07) is 15.1. The van der Waals surface area contributed by atoms with Crippen LogP contribution in [0.2, 0.25) is 0 Å². The summed E-state index contributed by atoms with van der Waals surface area (Å²) >= 11 is 3.35. The Morgan fingerprint density at radius 2 is 1.86 bits per heavy atom. The van der Waals surface area contributed by atoms with E-state index in [0.717, 1.165) is 26.9 Å². The predicted octanol–water partition coefficient (Wildman–Crippen LogP) is 4.61. The molecule has 2 rings (SSSR count). The number of anilines is 1. The van der Waals surface area contributed by atoms with E-state index in [1.807, 2.05) is 62.4 Å². The van der Waals surface area contributed by atoms with Crippen molar-refractivity contribution in [2.45, 2.75) is 13.8 Å². The number of amides is 1. The highest BCUT2D eigenvalue weighted by Gasteiger charge is 2.11. The van der Waals surface area contributed by atoms with Gasteiger partial charge in [-0.1, -0.05) is 40.2 Å². The lowest BCUT2D eigenvalue weighted by Gasteiger charge is -2.09. The van der Waals surface area contributed by atoms with Gasteiger partial charge in [-0.15, -0.1) is 0 Å². The number of rotatable bonds is 3. The van der Waals surface area contributed by atoms with Crippen molar-refractivity contribution in [3.63, 3.8) is 0 Å². The average molecular weight is 355 g/mol. The number of hydrogen-bond donors (Lipinski definition) is 1. The molecule has 1 N–H and O–H groups in total. The fourth-order valence-corrected chi connectivity index (χ4v) is 2.21. The summed E-state index contributed by atoms with van der Waals surface area (Å²) < 4.78 is 0.947. The molecule has 3 nitrogen and oxygen atoms in total. The maximum absolute atomic E-state index is 12.3. The van der Waals surface area contributed by atoms with Crippen molar-refractivity contribution in [1.82, 2.24) is 0 Å². The smallest absolute Gasteiger partial charge is 0.266 e. The van der Waals surface area contributed by atoms with E-state index < -0.39 is 5.91 Å². The van der Waals surface area contributed by atoms with Crippen molar-refractivity contribution in [3.05, 3.63) is 69.2 Å². The minimum absolute atomic E-state index is 0.0724. The van der Waals surface area contributed by atoms with E-state index in [1.54, 1.807) is 6.08 Å². The first-order chi connectivity index (χ1) is 10.5. The van der Waals surface area contributed by atoms with Crippen LogP contribution in [0.25, 0.3) is 6.08 Å². The van der Waals surface area contributed by atoms with Gasteiger partial charge in [0.25, 0.3) is 5.91 Å². The molecule has 0 spiro atoms. The third kappa shape index (κ3) is 3.84. The molecule has 0 heterocycles. The number of aryl methyl sites for hydroxylation is 1. The Hall–Kier alpha value is -2.38. The minimum atomic E-state index is -0.404. The highest BCUT2D eigenvalue weighted by Crippen LogP contribution is 2.19. The lowest BCUT2D eigenvalue weighted by atomic mass is 10.1. The summed E-state index contributed by atoms with van der Waals surface area (Å²) in [6.45, 7) is 3.92. The second-order valence-electron chi connectivity index (χ2n) is 4.92. The van der Waals surface area contributed by atoms with Gasteiger partial charge < -0.3 is 5.32 Å². The van der Waals surface area contributed by atoms with Gasteiger partial charge in [0.1, 0.15) is 11.6 Å². The number of nitrogens with one attached hydrogen (secondary N) is 1. The normalized spacial score (nSPS) is 10.9. The van der Waals surface area contributed by atoms with E-state index in [-0.39, 0.29) is 5.57 Å². The van der Waals surface area contributed by atoms with Gasteiger partial charge in [0.05, 0.1) is 0 Å². The molecule has 0 unspecified atom stereocenters. The minimum Gasteiger partial charge on any atom is -0.321 e. The van der Waals surface area contributed by atoms with Gasteiger partial charge in [-0.3, -0.25) is 4.79 Å². The lowest BCUT2D eigenvalue weighted by Crippen LogP contribution is -2.14. The quantitative estimate of drug-likeness (QED) is 0.646. The van der Waals surface area contributed by atoms with Crippen LogP contribution in [0, 0.1) is 25.2 Å². The second kappa shape index (κ2) is 7.06. The van der Waals surface area contributed by atoms with Crippen molar-refractivity contribution in [2.24, 2.45) is 0 Å². The fourth-order valence-electron chi connectivity index (χ4n) is 1.95. The molecular weight excluding hydrogens is 340 g/mol. The van der Waals surface area contributed by atoms with E-state index in [0.29, 0.717) is 0 Å². The Balaban J connectivity index is 2.24. The Bertz CT molecular complexity index is 771. The fraction of sp³-hybridized carbons (Fsp3) is 0.111. The zero-order chi connectivity index (χ0) is 16.1. The van der Waals surface area contributed by atoms with Crippen molar-refractivity contribution in [2.75, 3.05) is 5.32 Å². The van der Waals surface area contributed by atoms with Crippen LogP contribution in [0.1, 0.15) is 16.7 Å². The number of hydrogen-bond acceptors (Lipinski definition) is 2. The topological polar surface area (TPSA) is 52.9 Å². The van der Waals surface area contributed by atoms with Crippen LogP contribution < -0.4 is 5.32 Å². The molecule has 0 aliphatic rings. The summed E-state index contributed by atoms with van der Waals surface area (Å²) in [5.74, 6) is -0.404. The van der Waals surface area contributed by atoms with Crippen LogP contribution in [0.3, 0.4) is 0 Å². The van der Waals surface area contributed by atoms with Gasteiger partial charge in [0, 0.05) is 10.2 Å². The SMILES string of the molecule is Cc1cccc(NC(=O)/C(C#N)=C\c2ccc(Br)cc2)c1C. The molecule has 0 aliphatic carbocycles. The number of nitrogens with zero attached hydrogens (tertiary/aromatic N) is 1. The third-order valence-electron chi connectivity index (χ3n) is 3.40. The van der Waals surface area contributed by atoms with E-state index >= 15 is 0 Å². The Labute approximate surface area is 138 Å². The molecule has 0 atom stereocenters. The van der Waals surface area contributed by atoms with Crippen molar-refractivity contribution < 1.29 is 4.79 Å². The molecule has 0 bridgehead atoms. The van der Waals surface area contributed by atoms with Crippen LogP contribution in [0.15, 0.2) is 52.5 Å². The third-order valence-corrected chi connectivity index (χ3v) is 3.93. The van der Waals surface area contributed by atoms with Crippen LogP contribution in [-0.4, -0.2) is 5.91 Å².